The summed E-state index contributed by atoms with van der Waals surface area (Å²) < 4.78 is 33.5. The van der Waals surface area contributed by atoms with E-state index in [1.165, 1.54) is 15.6 Å². The Bertz CT molecular complexity index is 1270. The average molecular weight is 532 g/mol. The van der Waals surface area contributed by atoms with E-state index in [9.17, 15) is 18.0 Å². The third-order valence-electron chi connectivity index (χ3n) is 6.61. The molecule has 194 valence electrons. The number of thiophene rings is 1. The number of nitrogens with one attached hydrogen (secondary N) is 1. The Morgan fingerprint density at radius 3 is 2.75 bits per heavy atom. The highest BCUT2D eigenvalue weighted by atomic mass is 32.2. The number of ether oxygens (including phenoxy) is 1. The summed E-state index contributed by atoms with van der Waals surface area (Å²) in [6.45, 7) is 5.20. The highest BCUT2D eigenvalue weighted by molar-refractivity contribution is 7.91. The van der Waals surface area contributed by atoms with Gasteiger partial charge in [-0.2, -0.15) is 4.31 Å². The maximum absolute atomic E-state index is 13.5. The van der Waals surface area contributed by atoms with Crippen LogP contribution >= 0.6 is 11.3 Å². The molecule has 2 aliphatic rings. The van der Waals surface area contributed by atoms with Gasteiger partial charge in [0.05, 0.1) is 6.42 Å². The molecule has 0 saturated carbocycles. The number of rotatable bonds is 9. The van der Waals surface area contributed by atoms with Crippen LogP contribution < -0.4 is 10.2 Å². The molecule has 1 saturated heterocycles. The number of carbonyl (C=O) groups excluding carboxylic acids is 2. The summed E-state index contributed by atoms with van der Waals surface area (Å²) in [5, 5.41) is 2.99. The first-order valence-corrected chi connectivity index (χ1v) is 14.5. The monoisotopic (exact) mass is 531 g/mol. The van der Waals surface area contributed by atoms with Gasteiger partial charge in [-0.05, 0) is 62.9 Å². The van der Waals surface area contributed by atoms with E-state index in [2.05, 4.69) is 5.32 Å². The van der Waals surface area contributed by atoms with Crippen LogP contribution in [-0.4, -0.2) is 57.4 Å². The number of anilines is 2. The van der Waals surface area contributed by atoms with Crippen molar-refractivity contribution in [2.24, 2.45) is 0 Å². The third-order valence-corrected chi connectivity index (χ3v) is 9.98. The second-order valence-electron chi connectivity index (χ2n) is 9.07. The number of benzene rings is 1. The van der Waals surface area contributed by atoms with Crippen molar-refractivity contribution in [3.05, 3.63) is 46.3 Å². The summed E-state index contributed by atoms with van der Waals surface area (Å²) in [4.78, 5) is 28.9. The molecule has 2 aliphatic heterocycles. The SMILES string of the molecule is C/C=C\c1c(NC(=O)C2CCCCN2S(=O)(=O)c2ccc(C)s2)ccc2c1CC(=O)N2CCCOC. The van der Waals surface area contributed by atoms with Crippen LogP contribution in [0.25, 0.3) is 6.08 Å². The first-order chi connectivity index (χ1) is 17.3. The fourth-order valence-corrected chi connectivity index (χ4v) is 7.96. The first kappa shape index (κ1) is 26.5. The predicted octanol–water partition coefficient (Wildman–Crippen LogP) is 4.20. The molecule has 2 aromatic rings. The van der Waals surface area contributed by atoms with Gasteiger partial charge in [-0.3, -0.25) is 9.59 Å². The molecular weight excluding hydrogens is 498 g/mol. The molecule has 0 radical (unpaired) electrons. The van der Waals surface area contributed by atoms with E-state index in [0.29, 0.717) is 31.8 Å². The van der Waals surface area contributed by atoms with E-state index >= 15 is 0 Å². The summed E-state index contributed by atoms with van der Waals surface area (Å²) in [5.74, 6) is -0.329. The van der Waals surface area contributed by atoms with E-state index in [4.69, 9.17) is 4.74 Å². The van der Waals surface area contributed by atoms with Crippen LogP contribution in [0.4, 0.5) is 11.4 Å². The molecule has 3 heterocycles. The van der Waals surface area contributed by atoms with Gasteiger partial charge >= 0.3 is 0 Å². The van der Waals surface area contributed by atoms with Crippen LogP contribution in [0.5, 0.6) is 0 Å². The summed E-state index contributed by atoms with van der Waals surface area (Å²) >= 11 is 1.22. The molecule has 36 heavy (non-hydrogen) atoms. The minimum Gasteiger partial charge on any atom is -0.385 e. The lowest BCUT2D eigenvalue weighted by Crippen LogP contribution is -2.49. The van der Waals surface area contributed by atoms with Gasteiger partial charge in [0.25, 0.3) is 10.0 Å². The smallest absolute Gasteiger partial charge is 0.253 e. The number of hydrogen-bond acceptors (Lipinski definition) is 6. The quantitative estimate of drug-likeness (QED) is 0.490. The lowest BCUT2D eigenvalue weighted by atomic mass is 10.0. The standard InChI is InChI=1S/C26H33N3O5S2/c1-4-8-19-20-17-24(30)28(14-7-16-34-3)22(20)12-11-21(19)27-26(31)23-9-5-6-15-29(23)36(32,33)25-13-10-18(2)35-25/h4,8,10-13,23H,5-7,9,14-17H2,1-3H3,(H,27,31)/b8-4-. The minimum absolute atomic E-state index is 0.0196. The molecule has 0 aliphatic carbocycles. The van der Waals surface area contributed by atoms with Crippen LogP contribution in [0.1, 0.15) is 48.6 Å². The third kappa shape index (κ3) is 5.27. The van der Waals surface area contributed by atoms with E-state index in [1.54, 1.807) is 30.2 Å². The summed E-state index contributed by atoms with van der Waals surface area (Å²) in [6, 6.07) is 6.27. The molecule has 8 nitrogen and oxygen atoms in total. The number of aryl methyl sites for hydroxylation is 1. The molecule has 1 fully saturated rings. The Hall–Kier alpha value is -2.53. The van der Waals surface area contributed by atoms with Crippen LogP contribution in [0.15, 0.2) is 34.6 Å². The maximum atomic E-state index is 13.5. The molecule has 0 bridgehead atoms. The second-order valence-corrected chi connectivity index (χ2v) is 12.5. The Kier molecular flexibility index (Phi) is 8.29. The molecule has 1 aromatic heterocycles. The van der Waals surface area contributed by atoms with Crippen molar-refractivity contribution in [3.8, 4) is 0 Å². The number of hydrogen-bond donors (Lipinski definition) is 1. The second kappa shape index (κ2) is 11.2. The molecular formula is C26H33N3O5S2. The predicted molar refractivity (Wildman–Crippen MR) is 143 cm³/mol. The molecule has 1 atom stereocenters. The Morgan fingerprint density at radius 2 is 2.06 bits per heavy atom. The van der Waals surface area contributed by atoms with E-state index in [-0.39, 0.29) is 22.4 Å². The van der Waals surface area contributed by atoms with Crippen molar-refractivity contribution in [1.29, 1.82) is 0 Å². The topological polar surface area (TPSA) is 96.0 Å². The molecule has 4 rings (SSSR count). The van der Waals surface area contributed by atoms with Crippen molar-refractivity contribution in [2.75, 3.05) is 37.0 Å². The lowest BCUT2D eigenvalue weighted by molar-refractivity contribution is -0.120. The van der Waals surface area contributed by atoms with Crippen LogP contribution in [0, 0.1) is 6.92 Å². The van der Waals surface area contributed by atoms with E-state index in [1.807, 2.05) is 32.1 Å². The largest absolute Gasteiger partial charge is 0.385 e. The number of amides is 2. The zero-order valence-electron chi connectivity index (χ0n) is 21.0. The van der Waals surface area contributed by atoms with Crippen molar-refractivity contribution < 1.29 is 22.7 Å². The zero-order chi connectivity index (χ0) is 25.9. The van der Waals surface area contributed by atoms with Crippen LogP contribution in [0.2, 0.25) is 0 Å². The number of nitrogens with zero attached hydrogens (tertiary/aromatic N) is 2. The van der Waals surface area contributed by atoms with Gasteiger partial charge in [-0.25, -0.2) is 8.42 Å². The maximum Gasteiger partial charge on any atom is 0.253 e. The fourth-order valence-electron chi connectivity index (χ4n) is 4.89. The Balaban J connectivity index is 1.61. The van der Waals surface area contributed by atoms with E-state index in [0.717, 1.165) is 41.0 Å². The van der Waals surface area contributed by atoms with Crippen LogP contribution in [-0.2, 0) is 30.8 Å². The van der Waals surface area contributed by atoms with Gasteiger partial charge in [-0.1, -0.05) is 18.6 Å². The molecule has 2 amide bonds. The number of sulfonamides is 1. The van der Waals surface area contributed by atoms with Gasteiger partial charge in [0.15, 0.2) is 0 Å². The van der Waals surface area contributed by atoms with Crippen molar-refractivity contribution >= 4 is 50.6 Å². The number of carbonyl (C=O) groups is 2. The summed E-state index contributed by atoms with van der Waals surface area (Å²) in [7, 11) is -2.13. The van der Waals surface area contributed by atoms with Gasteiger partial charge in [-0.15, -0.1) is 11.3 Å². The Labute approximate surface area is 217 Å². The molecule has 10 heteroatoms. The number of methoxy groups -OCH3 is 1. The lowest BCUT2D eigenvalue weighted by Gasteiger charge is -2.33. The molecule has 0 spiro atoms. The highest BCUT2D eigenvalue weighted by Gasteiger charge is 2.39. The average Bonchev–Trinajstić information content (AvgIpc) is 3.44. The van der Waals surface area contributed by atoms with E-state index < -0.39 is 16.1 Å². The van der Waals surface area contributed by atoms with Crippen molar-refractivity contribution in [1.82, 2.24) is 4.31 Å². The minimum atomic E-state index is -3.77. The molecule has 1 unspecified atom stereocenters. The molecule has 1 N–H and O–H groups in total. The van der Waals surface area contributed by atoms with Gasteiger partial charge in [0, 0.05) is 48.6 Å². The normalized spacial score (nSPS) is 18.7. The summed E-state index contributed by atoms with van der Waals surface area (Å²) in [6.07, 6.45) is 6.72. The Morgan fingerprint density at radius 1 is 1.25 bits per heavy atom. The number of piperidine rings is 1. The molecule has 1 aromatic carbocycles. The van der Waals surface area contributed by atoms with Crippen molar-refractivity contribution in [3.63, 3.8) is 0 Å². The zero-order valence-corrected chi connectivity index (χ0v) is 22.6. The van der Waals surface area contributed by atoms with Crippen molar-refractivity contribution in [2.45, 2.75) is 56.2 Å². The first-order valence-electron chi connectivity index (χ1n) is 12.2. The fraction of sp³-hybridized carbons (Fsp3) is 0.462. The van der Waals surface area contributed by atoms with Gasteiger partial charge in [0.2, 0.25) is 11.8 Å². The summed E-state index contributed by atoms with van der Waals surface area (Å²) in [5.41, 5.74) is 3.08. The van der Waals surface area contributed by atoms with Gasteiger partial charge in [0.1, 0.15) is 10.3 Å². The highest BCUT2D eigenvalue weighted by Crippen LogP contribution is 2.37. The van der Waals surface area contributed by atoms with Gasteiger partial charge < -0.3 is 15.0 Å². The van der Waals surface area contributed by atoms with Crippen LogP contribution in [0.3, 0.4) is 0 Å². The number of fused-ring (bicyclic) bond motifs is 1. The number of allylic oxidation sites excluding steroid dienone is 1.